The third kappa shape index (κ3) is 3.32. The minimum Gasteiger partial charge on any atom is -0.384 e. The van der Waals surface area contributed by atoms with Gasteiger partial charge in [-0.15, -0.1) is 0 Å². The predicted octanol–water partition coefficient (Wildman–Crippen LogP) is 2.83. The first-order valence-electron chi connectivity index (χ1n) is 6.63. The molecular weight excluding hydrogens is 212 g/mol. The van der Waals surface area contributed by atoms with Crippen LogP contribution in [0.1, 0.15) is 45.4 Å². The van der Waals surface area contributed by atoms with Crippen LogP contribution in [0.25, 0.3) is 0 Å². The Labute approximate surface area is 103 Å². The maximum atomic E-state index is 5.66. The second-order valence-electron chi connectivity index (χ2n) is 4.89. The van der Waals surface area contributed by atoms with Crippen LogP contribution in [0, 0.1) is 5.92 Å². The first-order valence-corrected chi connectivity index (χ1v) is 6.63. The topological polar surface area (TPSA) is 63.8 Å². The summed E-state index contributed by atoms with van der Waals surface area (Å²) < 4.78 is 0. The van der Waals surface area contributed by atoms with Gasteiger partial charge in [-0.2, -0.15) is 0 Å². The second-order valence-corrected chi connectivity index (χ2v) is 4.89. The third-order valence-corrected chi connectivity index (χ3v) is 3.68. The molecule has 94 valence electrons. The standard InChI is InChI=1S/C13H22N4/c1-2-11(10-6-4-3-5-7-10)17-13-8-12(14)15-9-16-13/h8-11H,2-7H2,1H3,(H3,14,15,16,17). The maximum absolute atomic E-state index is 5.66. The summed E-state index contributed by atoms with van der Waals surface area (Å²) in [5.41, 5.74) is 5.66. The monoisotopic (exact) mass is 234 g/mol. The van der Waals surface area contributed by atoms with Gasteiger partial charge in [0.15, 0.2) is 0 Å². The van der Waals surface area contributed by atoms with Gasteiger partial charge in [0, 0.05) is 12.1 Å². The summed E-state index contributed by atoms with van der Waals surface area (Å²) in [6.45, 7) is 2.23. The molecule has 1 saturated carbocycles. The molecule has 1 atom stereocenters. The van der Waals surface area contributed by atoms with Crippen molar-refractivity contribution < 1.29 is 0 Å². The van der Waals surface area contributed by atoms with Gasteiger partial charge >= 0.3 is 0 Å². The molecular formula is C13H22N4. The van der Waals surface area contributed by atoms with Crippen molar-refractivity contribution in [2.45, 2.75) is 51.5 Å². The minimum absolute atomic E-state index is 0.518. The molecule has 4 nitrogen and oxygen atoms in total. The van der Waals surface area contributed by atoms with Gasteiger partial charge < -0.3 is 11.1 Å². The lowest BCUT2D eigenvalue weighted by Crippen LogP contribution is -2.30. The largest absolute Gasteiger partial charge is 0.384 e. The van der Waals surface area contributed by atoms with Gasteiger partial charge in [0.1, 0.15) is 18.0 Å². The number of nitrogens with two attached hydrogens (primary N) is 1. The van der Waals surface area contributed by atoms with Crippen molar-refractivity contribution in [3.63, 3.8) is 0 Å². The molecule has 1 aliphatic carbocycles. The van der Waals surface area contributed by atoms with E-state index in [0.717, 1.165) is 18.2 Å². The van der Waals surface area contributed by atoms with Crippen molar-refractivity contribution in [2.75, 3.05) is 11.1 Å². The fourth-order valence-electron chi connectivity index (χ4n) is 2.73. The van der Waals surface area contributed by atoms with E-state index in [4.69, 9.17) is 5.73 Å². The summed E-state index contributed by atoms with van der Waals surface area (Å²) in [5, 5.41) is 3.51. The lowest BCUT2D eigenvalue weighted by Gasteiger charge is -2.30. The molecule has 0 radical (unpaired) electrons. The van der Waals surface area contributed by atoms with Crippen molar-refractivity contribution in [3.8, 4) is 0 Å². The molecule has 0 aromatic carbocycles. The van der Waals surface area contributed by atoms with Gasteiger partial charge in [-0.3, -0.25) is 0 Å². The number of nitrogen functional groups attached to an aromatic ring is 1. The molecule has 1 aromatic rings. The number of hydrogen-bond donors (Lipinski definition) is 2. The highest BCUT2D eigenvalue weighted by molar-refractivity contribution is 5.44. The van der Waals surface area contributed by atoms with E-state index in [1.54, 1.807) is 0 Å². The Morgan fingerprint density at radius 3 is 2.76 bits per heavy atom. The SMILES string of the molecule is CCC(Nc1cc(N)ncn1)C1CCCCC1. The molecule has 4 heteroatoms. The molecule has 17 heavy (non-hydrogen) atoms. The summed E-state index contributed by atoms with van der Waals surface area (Å²) in [7, 11) is 0. The fourth-order valence-corrected chi connectivity index (χ4v) is 2.73. The van der Waals surface area contributed by atoms with Crippen LogP contribution >= 0.6 is 0 Å². The van der Waals surface area contributed by atoms with Crippen molar-refractivity contribution in [2.24, 2.45) is 5.92 Å². The Bertz CT molecular complexity index is 347. The fraction of sp³-hybridized carbons (Fsp3) is 0.692. The first-order chi connectivity index (χ1) is 8.29. The van der Waals surface area contributed by atoms with Gasteiger partial charge in [-0.25, -0.2) is 9.97 Å². The zero-order valence-electron chi connectivity index (χ0n) is 10.5. The Kier molecular flexibility index (Phi) is 4.18. The van der Waals surface area contributed by atoms with Crippen LogP contribution in [0.5, 0.6) is 0 Å². The average Bonchev–Trinajstić information content (AvgIpc) is 2.37. The zero-order valence-corrected chi connectivity index (χ0v) is 10.5. The molecule has 0 spiro atoms. The van der Waals surface area contributed by atoms with E-state index in [-0.39, 0.29) is 0 Å². The Morgan fingerprint density at radius 1 is 1.35 bits per heavy atom. The highest BCUT2D eigenvalue weighted by Gasteiger charge is 2.22. The molecule has 1 unspecified atom stereocenters. The van der Waals surface area contributed by atoms with E-state index >= 15 is 0 Å². The van der Waals surface area contributed by atoms with E-state index in [0.29, 0.717) is 11.9 Å². The lowest BCUT2D eigenvalue weighted by atomic mass is 9.83. The number of nitrogens with zero attached hydrogens (tertiary/aromatic N) is 2. The van der Waals surface area contributed by atoms with Crippen molar-refractivity contribution in [3.05, 3.63) is 12.4 Å². The normalized spacial score (nSPS) is 18.9. The zero-order chi connectivity index (χ0) is 12.1. The predicted molar refractivity (Wildman–Crippen MR) is 70.7 cm³/mol. The number of hydrogen-bond acceptors (Lipinski definition) is 4. The molecule has 1 fully saturated rings. The van der Waals surface area contributed by atoms with Crippen LogP contribution in [-0.2, 0) is 0 Å². The van der Waals surface area contributed by atoms with E-state index < -0.39 is 0 Å². The molecule has 1 heterocycles. The maximum Gasteiger partial charge on any atom is 0.131 e. The first kappa shape index (κ1) is 12.1. The van der Waals surface area contributed by atoms with Gasteiger partial charge in [-0.1, -0.05) is 26.2 Å². The summed E-state index contributed by atoms with van der Waals surface area (Å²) >= 11 is 0. The van der Waals surface area contributed by atoms with Crippen LogP contribution < -0.4 is 11.1 Å². The number of anilines is 2. The van der Waals surface area contributed by atoms with Crippen LogP contribution in [0.15, 0.2) is 12.4 Å². The van der Waals surface area contributed by atoms with Gasteiger partial charge in [0.2, 0.25) is 0 Å². The summed E-state index contributed by atoms with van der Waals surface area (Å²) in [5.74, 6) is 2.17. The van der Waals surface area contributed by atoms with Gasteiger partial charge in [0.05, 0.1) is 0 Å². The van der Waals surface area contributed by atoms with Crippen LogP contribution in [0.3, 0.4) is 0 Å². The Morgan fingerprint density at radius 2 is 2.12 bits per heavy atom. The van der Waals surface area contributed by atoms with E-state index in [2.05, 4.69) is 22.2 Å². The van der Waals surface area contributed by atoms with E-state index in [1.807, 2.05) is 6.07 Å². The number of nitrogens with one attached hydrogen (secondary N) is 1. The summed E-state index contributed by atoms with van der Waals surface area (Å²) in [6, 6.07) is 2.33. The van der Waals surface area contributed by atoms with Crippen LogP contribution in [-0.4, -0.2) is 16.0 Å². The smallest absolute Gasteiger partial charge is 0.131 e. The molecule has 0 bridgehead atoms. The summed E-state index contributed by atoms with van der Waals surface area (Å²) in [4.78, 5) is 8.13. The average molecular weight is 234 g/mol. The summed E-state index contributed by atoms with van der Waals surface area (Å²) in [6.07, 6.45) is 9.47. The van der Waals surface area contributed by atoms with Gasteiger partial charge in [0.25, 0.3) is 0 Å². The molecule has 0 amide bonds. The molecule has 2 rings (SSSR count). The van der Waals surface area contributed by atoms with Crippen molar-refractivity contribution >= 4 is 11.6 Å². The highest BCUT2D eigenvalue weighted by atomic mass is 15.0. The quantitative estimate of drug-likeness (QED) is 0.840. The van der Waals surface area contributed by atoms with Crippen LogP contribution in [0.4, 0.5) is 11.6 Å². The van der Waals surface area contributed by atoms with E-state index in [9.17, 15) is 0 Å². The molecule has 1 aliphatic rings. The van der Waals surface area contributed by atoms with Crippen molar-refractivity contribution in [1.82, 2.24) is 9.97 Å². The van der Waals surface area contributed by atoms with Gasteiger partial charge in [-0.05, 0) is 25.2 Å². The van der Waals surface area contributed by atoms with Crippen molar-refractivity contribution in [1.29, 1.82) is 0 Å². The Balaban J connectivity index is 1.98. The molecule has 3 N–H and O–H groups in total. The van der Waals surface area contributed by atoms with E-state index in [1.165, 1.54) is 38.4 Å². The minimum atomic E-state index is 0.518. The number of rotatable bonds is 4. The second kappa shape index (κ2) is 5.84. The van der Waals surface area contributed by atoms with Crippen LogP contribution in [0.2, 0.25) is 0 Å². The highest BCUT2D eigenvalue weighted by Crippen LogP contribution is 2.29. The molecule has 0 saturated heterocycles. The molecule has 0 aliphatic heterocycles. The number of aromatic nitrogens is 2. The Hall–Kier alpha value is -1.32. The third-order valence-electron chi connectivity index (χ3n) is 3.68. The molecule has 1 aromatic heterocycles. The lowest BCUT2D eigenvalue weighted by molar-refractivity contribution is 0.312.